The lowest BCUT2D eigenvalue weighted by molar-refractivity contribution is 0.138. The fourth-order valence-corrected chi connectivity index (χ4v) is 2.68. The van der Waals surface area contributed by atoms with Crippen molar-refractivity contribution in [3.63, 3.8) is 0 Å². The molecule has 0 bridgehead atoms. The number of rotatable bonds is 11. The highest BCUT2D eigenvalue weighted by Gasteiger charge is 2.31. The van der Waals surface area contributed by atoms with Crippen LogP contribution in [0.2, 0.25) is 0 Å². The topological polar surface area (TPSA) is 38.3 Å². The van der Waals surface area contributed by atoms with Crippen LogP contribution in [0.15, 0.2) is 0 Å². The second-order valence-corrected chi connectivity index (χ2v) is 6.28. The SMILES string of the molecule is CCCCCCCC(C)(CCCC)[C@H](C)NC(=O)OC. The van der Waals surface area contributed by atoms with Crippen LogP contribution in [0.25, 0.3) is 0 Å². The van der Waals surface area contributed by atoms with Gasteiger partial charge in [0.15, 0.2) is 0 Å². The summed E-state index contributed by atoms with van der Waals surface area (Å²) in [5, 5.41) is 2.97. The first kappa shape index (κ1) is 19.3. The van der Waals surface area contributed by atoms with Gasteiger partial charge in [0.1, 0.15) is 0 Å². The highest BCUT2D eigenvalue weighted by atomic mass is 16.5. The number of nitrogens with one attached hydrogen (secondary N) is 1. The van der Waals surface area contributed by atoms with Crippen LogP contribution in [0, 0.1) is 5.41 Å². The molecule has 0 radical (unpaired) electrons. The smallest absolute Gasteiger partial charge is 0.407 e. The predicted molar refractivity (Wildman–Crippen MR) is 86.0 cm³/mol. The molecule has 0 spiro atoms. The molecule has 2 atom stereocenters. The maximum Gasteiger partial charge on any atom is 0.407 e. The van der Waals surface area contributed by atoms with Crippen LogP contribution in [-0.4, -0.2) is 19.2 Å². The van der Waals surface area contributed by atoms with Gasteiger partial charge >= 0.3 is 6.09 Å². The minimum Gasteiger partial charge on any atom is -0.453 e. The van der Waals surface area contributed by atoms with Gasteiger partial charge in [-0.15, -0.1) is 0 Å². The first-order valence-corrected chi connectivity index (χ1v) is 8.34. The van der Waals surface area contributed by atoms with Gasteiger partial charge in [0.05, 0.1) is 7.11 Å². The van der Waals surface area contributed by atoms with Crippen molar-refractivity contribution in [1.82, 2.24) is 5.32 Å². The number of unbranched alkanes of at least 4 members (excludes halogenated alkanes) is 5. The van der Waals surface area contributed by atoms with E-state index in [0.29, 0.717) is 0 Å². The van der Waals surface area contributed by atoms with Crippen LogP contribution >= 0.6 is 0 Å². The van der Waals surface area contributed by atoms with Crippen molar-refractivity contribution in [2.75, 3.05) is 7.11 Å². The third-order valence-corrected chi connectivity index (χ3v) is 4.52. The molecule has 120 valence electrons. The van der Waals surface area contributed by atoms with E-state index < -0.39 is 0 Å². The molecule has 1 N–H and O–H groups in total. The van der Waals surface area contributed by atoms with E-state index in [2.05, 4.69) is 33.0 Å². The quantitative estimate of drug-likeness (QED) is 0.524. The number of alkyl carbamates (subject to hydrolysis) is 1. The summed E-state index contributed by atoms with van der Waals surface area (Å²) in [4.78, 5) is 11.4. The minimum absolute atomic E-state index is 0.160. The lowest BCUT2D eigenvalue weighted by Gasteiger charge is -2.36. The van der Waals surface area contributed by atoms with Crippen LogP contribution in [0.5, 0.6) is 0 Å². The van der Waals surface area contributed by atoms with E-state index >= 15 is 0 Å². The first-order valence-electron chi connectivity index (χ1n) is 8.34. The molecular weight excluding hydrogens is 250 g/mol. The Morgan fingerprint density at radius 2 is 1.60 bits per heavy atom. The Balaban J connectivity index is 4.35. The largest absolute Gasteiger partial charge is 0.453 e. The second kappa shape index (κ2) is 11.0. The standard InChI is InChI=1S/C17H35NO2/c1-6-8-10-11-12-14-17(4,13-9-7-2)15(3)18-16(19)20-5/h15H,6-14H2,1-5H3,(H,18,19)/t15-,17?/m0/s1. The van der Waals surface area contributed by atoms with Crippen LogP contribution in [0.1, 0.15) is 85.5 Å². The summed E-state index contributed by atoms with van der Waals surface area (Å²) >= 11 is 0. The van der Waals surface area contributed by atoms with Crippen molar-refractivity contribution in [3.05, 3.63) is 0 Å². The maximum atomic E-state index is 11.4. The Morgan fingerprint density at radius 1 is 1.05 bits per heavy atom. The lowest BCUT2D eigenvalue weighted by atomic mass is 9.74. The summed E-state index contributed by atoms with van der Waals surface area (Å²) in [5.74, 6) is 0. The van der Waals surface area contributed by atoms with E-state index in [1.54, 1.807) is 0 Å². The molecule has 0 aliphatic heterocycles. The van der Waals surface area contributed by atoms with E-state index in [1.165, 1.54) is 64.9 Å². The van der Waals surface area contributed by atoms with E-state index in [9.17, 15) is 4.79 Å². The summed E-state index contributed by atoms with van der Waals surface area (Å²) in [5.41, 5.74) is 0.177. The number of carbonyl (C=O) groups excluding carboxylic acids is 1. The van der Waals surface area contributed by atoms with Crippen molar-refractivity contribution in [3.8, 4) is 0 Å². The molecule has 0 aliphatic carbocycles. The van der Waals surface area contributed by atoms with Crippen LogP contribution in [0.4, 0.5) is 4.79 Å². The molecule has 0 aromatic rings. The Morgan fingerprint density at radius 3 is 2.15 bits per heavy atom. The monoisotopic (exact) mass is 285 g/mol. The first-order chi connectivity index (χ1) is 9.50. The fourth-order valence-electron chi connectivity index (χ4n) is 2.68. The summed E-state index contributed by atoms with van der Waals surface area (Å²) in [6.45, 7) is 8.88. The number of methoxy groups -OCH3 is 1. The van der Waals surface area contributed by atoms with Gasteiger partial charge in [0.2, 0.25) is 0 Å². The Labute approximate surface area is 125 Å². The predicted octanol–water partition coefficient (Wildman–Crippen LogP) is 5.29. The van der Waals surface area contributed by atoms with Crippen LogP contribution in [-0.2, 0) is 4.74 Å². The normalized spacial score (nSPS) is 15.4. The van der Waals surface area contributed by atoms with E-state index in [0.717, 1.165) is 0 Å². The molecule has 0 rings (SSSR count). The number of hydrogen-bond donors (Lipinski definition) is 1. The number of ether oxygens (including phenoxy) is 1. The second-order valence-electron chi connectivity index (χ2n) is 6.28. The summed E-state index contributed by atoms with van der Waals surface area (Å²) in [6.07, 6.45) is 11.0. The molecule has 0 aromatic carbocycles. The van der Waals surface area contributed by atoms with Crippen molar-refractivity contribution in [1.29, 1.82) is 0 Å². The van der Waals surface area contributed by atoms with Gasteiger partial charge in [0.25, 0.3) is 0 Å². The van der Waals surface area contributed by atoms with Crippen molar-refractivity contribution in [2.24, 2.45) is 5.41 Å². The zero-order chi connectivity index (χ0) is 15.4. The summed E-state index contributed by atoms with van der Waals surface area (Å²) in [6, 6.07) is 0.160. The van der Waals surface area contributed by atoms with Crippen molar-refractivity contribution in [2.45, 2.75) is 91.5 Å². The Kier molecular flexibility index (Phi) is 10.6. The summed E-state index contributed by atoms with van der Waals surface area (Å²) < 4.78 is 4.73. The van der Waals surface area contributed by atoms with E-state index in [-0.39, 0.29) is 17.6 Å². The zero-order valence-corrected chi connectivity index (χ0v) is 14.3. The minimum atomic E-state index is -0.314. The van der Waals surface area contributed by atoms with Gasteiger partial charge in [-0.1, -0.05) is 65.7 Å². The van der Waals surface area contributed by atoms with E-state index in [4.69, 9.17) is 4.74 Å². The third kappa shape index (κ3) is 7.76. The van der Waals surface area contributed by atoms with Gasteiger partial charge in [-0.05, 0) is 25.2 Å². The highest BCUT2D eigenvalue weighted by molar-refractivity contribution is 5.67. The molecule has 0 aromatic heterocycles. The third-order valence-electron chi connectivity index (χ3n) is 4.52. The van der Waals surface area contributed by atoms with Gasteiger partial charge < -0.3 is 10.1 Å². The molecule has 0 saturated heterocycles. The summed E-state index contributed by atoms with van der Waals surface area (Å²) in [7, 11) is 1.43. The number of hydrogen-bond acceptors (Lipinski definition) is 2. The Hall–Kier alpha value is -0.730. The molecule has 0 heterocycles. The van der Waals surface area contributed by atoms with Gasteiger partial charge in [0, 0.05) is 6.04 Å². The van der Waals surface area contributed by atoms with Gasteiger partial charge in [-0.25, -0.2) is 4.79 Å². The van der Waals surface area contributed by atoms with Crippen molar-refractivity contribution < 1.29 is 9.53 Å². The molecule has 0 aliphatic rings. The molecule has 20 heavy (non-hydrogen) atoms. The zero-order valence-electron chi connectivity index (χ0n) is 14.3. The molecule has 0 fully saturated rings. The average Bonchev–Trinajstić information content (AvgIpc) is 2.44. The molecule has 3 heteroatoms. The van der Waals surface area contributed by atoms with Crippen molar-refractivity contribution >= 4 is 6.09 Å². The highest BCUT2D eigenvalue weighted by Crippen LogP contribution is 2.34. The molecule has 0 saturated carbocycles. The van der Waals surface area contributed by atoms with Crippen LogP contribution < -0.4 is 5.32 Å². The Bertz CT molecular complexity index is 255. The van der Waals surface area contributed by atoms with Gasteiger partial charge in [-0.3, -0.25) is 0 Å². The average molecular weight is 285 g/mol. The number of amides is 1. The van der Waals surface area contributed by atoms with E-state index in [1.807, 2.05) is 0 Å². The number of carbonyl (C=O) groups is 1. The molecule has 3 nitrogen and oxygen atoms in total. The van der Waals surface area contributed by atoms with Gasteiger partial charge in [-0.2, -0.15) is 0 Å². The molecular formula is C17H35NO2. The lowest BCUT2D eigenvalue weighted by Crippen LogP contribution is -2.44. The maximum absolute atomic E-state index is 11.4. The molecule has 1 amide bonds. The fraction of sp³-hybridized carbons (Fsp3) is 0.941. The molecule has 1 unspecified atom stereocenters. The van der Waals surface area contributed by atoms with Crippen LogP contribution in [0.3, 0.4) is 0 Å².